The second kappa shape index (κ2) is 5.69. The van der Waals surface area contributed by atoms with Gasteiger partial charge >= 0.3 is 12.1 Å². The fourth-order valence-corrected chi connectivity index (χ4v) is 2.87. The molecule has 0 aliphatic heterocycles. The molecule has 4 nitrogen and oxygen atoms in total. The Morgan fingerprint density at radius 1 is 1.33 bits per heavy atom. The Morgan fingerprint density at radius 2 is 1.95 bits per heavy atom. The highest BCUT2D eigenvalue weighted by Crippen LogP contribution is 2.46. The van der Waals surface area contributed by atoms with E-state index in [4.69, 9.17) is 9.52 Å². The minimum absolute atomic E-state index is 0.0377. The largest absolute Gasteiger partial charge is 0.475 e. The maximum absolute atomic E-state index is 13.1. The molecule has 7 heteroatoms. The number of hydrogen-bond donors (Lipinski definition) is 1. The van der Waals surface area contributed by atoms with Gasteiger partial charge in [-0.15, -0.1) is 0 Å². The summed E-state index contributed by atoms with van der Waals surface area (Å²) in [4.78, 5) is 15.2. The van der Waals surface area contributed by atoms with E-state index in [-0.39, 0.29) is 29.7 Å². The van der Waals surface area contributed by atoms with E-state index in [0.29, 0.717) is 19.3 Å². The lowest BCUT2D eigenvalue weighted by Crippen LogP contribution is -2.31. The topological polar surface area (TPSA) is 63.3 Å². The monoisotopic (exact) mass is 305 g/mol. The highest BCUT2D eigenvalue weighted by atomic mass is 19.4. The zero-order valence-electron chi connectivity index (χ0n) is 11.9. The number of nitrogens with zero attached hydrogens (tertiary/aromatic N) is 1. The number of alkyl halides is 3. The molecule has 2 rings (SSSR count). The van der Waals surface area contributed by atoms with E-state index in [9.17, 15) is 18.0 Å². The lowest BCUT2D eigenvalue weighted by atomic mass is 9.78. The third-order valence-corrected chi connectivity index (χ3v) is 3.91. The van der Waals surface area contributed by atoms with Crippen molar-refractivity contribution in [1.29, 1.82) is 0 Å². The molecule has 0 spiro atoms. The number of carboxylic acids is 1. The smallest absolute Gasteiger partial charge is 0.392 e. The quantitative estimate of drug-likeness (QED) is 0.902. The molecule has 0 amide bonds. The molecule has 21 heavy (non-hydrogen) atoms. The van der Waals surface area contributed by atoms with Crippen molar-refractivity contribution in [3.63, 3.8) is 0 Å². The van der Waals surface area contributed by atoms with Crippen LogP contribution in [0, 0.1) is 5.92 Å². The minimum atomic E-state index is -4.32. The first-order chi connectivity index (χ1) is 9.71. The molecule has 0 saturated heterocycles. The Balaban J connectivity index is 2.40. The first-order valence-electron chi connectivity index (χ1n) is 7.02. The molecule has 1 aliphatic carbocycles. The highest BCUT2D eigenvalue weighted by Gasteiger charge is 2.48. The molecular formula is C14H18F3NO3. The number of carboxylic acid groups (broad SMARTS) is 1. The van der Waals surface area contributed by atoms with E-state index in [1.165, 1.54) is 0 Å². The number of hydrogen-bond acceptors (Lipinski definition) is 3. The Kier molecular flexibility index (Phi) is 4.30. The lowest BCUT2D eigenvalue weighted by Gasteiger charge is -2.30. The van der Waals surface area contributed by atoms with Gasteiger partial charge < -0.3 is 9.52 Å². The van der Waals surface area contributed by atoms with Gasteiger partial charge in [-0.3, -0.25) is 0 Å². The van der Waals surface area contributed by atoms with Crippen LogP contribution in [0.4, 0.5) is 13.2 Å². The molecule has 1 aromatic heterocycles. The molecule has 1 aromatic rings. The molecule has 1 aliphatic rings. The van der Waals surface area contributed by atoms with Gasteiger partial charge in [-0.1, -0.05) is 26.7 Å². The molecule has 1 fully saturated rings. The molecule has 0 aromatic carbocycles. The lowest BCUT2D eigenvalue weighted by molar-refractivity contribution is -0.188. The number of carbonyl (C=O) groups is 1. The fourth-order valence-electron chi connectivity index (χ4n) is 2.87. The van der Waals surface area contributed by atoms with Crippen LogP contribution in [0.15, 0.2) is 4.42 Å². The van der Waals surface area contributed by atoms with Gasteiger partial charge in [-0.05, 0) is 18.8 Å². The maximum Gasteiger partial charge on any atom is 0.392 e. The minimum Gasteiger partial charge on any atom is -0.475 e. The first kappa shape index (κ1) is 15.9. The molecule has 1 N–H and O–H groups in total. The van der Waals surface area contributed by atoms with Crippen molar-refractivity contribution < 1.29 is 27.5 Å². The second-order valence-corrected chi connectivity index (χ2v) is 5.77. The van der Waals surface area contributed by atoms with Crippen LogP contribution in [0.2, 0.25) is 0 Å². The number of aromatic nitrogens is 1. The van der Waals surface area contributed by atoms with E-state index >= 15 is 0 Å². The van der Waals surface area contributed by atoms with Crippen LogP contribution in [-0.4, -0.2) is 22.2 Å². The van der Waals surface area contributed by atoms with Crippen molar-refractivity contribution in [1.82, 2.24) is 4.98 Å². The van der Waals surface area contributed by atoms with Gasteiger partial charge in [0.15, 0.2) is 5.89 Å². The van der Waals surface area contributed by atoms with Gasteiger partial charge in [0.05, 0.1) is 11.6 Å². The number of halogens is 3. The molecule has 0 radical (unpaired) electrons. The summed E-state index contributed by atoms with van der Waals surface area (Å²) in [5.41, 5.74) is 0.212. The average molecular weight is 305 g/mol. The van der Waals surface area contributed by atoms with E-state index in [2.05, 4.69) is 4.98 Å². The summed E-state index contributed by atoms with van der Waals surface area (Å²) in [5, 5.41) is 9.10. The SMILES string of the molecule is CC(C)c1nc(C2CCCCC2C(F)(F)F)oc1C(=O)O. The van der Waals surface area contributed by atoms with Crippen LogP contribution in [-0.2, 0) is 0 Å². The van der Waals surface area contributed by atoms with Gasteiger partial charge in [0.25, 0.3) is 0 Å². The Hall–Kier alpha value is -1.53. The number of rotatable bonds is 3. The van der Waals surface area contributed by atoms with Gasteiger partial charge in [-0.25, -0.2) is 9.78 Å². The van der Waals surface area contributed by atoms with Crippen LogP contribution in [0.25, 0.3) is 0 Å². The molecule has 1 heterocycles. The Morgan fingerprint density at radius 3 is 2.43 bits per heavy atom. The van der Waals surface area contributed by atoms with Crippen LogP contribution in [0.1, 0.15) is 73.5 Å². The number of oxazole rings is 1. The third-order valence-electron chi connectivity index (χ3n) is 3.91. The zero-order valence-corrected chi connectivity index (χ0v) is 11.9. The van der Waals surface area contributed by atoms with Gasteiger partial charge in [0.1, 0.15) is 0 Å². The summed E-state index contributed by atoms with van der Waals surface area (Å²) in [7, 11) is 0. The summed E-state index contributed by atoms with van der Waals surface area (Å²) in [6.07, 6.45) is -2.78. The van der Waals surface area contributed by atoms with Crippen molar-refractivity contribution in [2.45, 2.75) is 57.5 Å². The molecule has 1 saturated carbocycles. The van der Waals surface area contributed by atoms with Crippen LogP contribution >= 0.6 is 0 Å². The number of aromatic carboxylic acids is 1. The summed E-state index contributed by atoms with van der Waals surface area (Å²) in [6.45, 7) is 3.46. The average Bonchev–Trinajstić information content (AvgIpc) is 2.83. The van der Waals surface area contributed by atoms with Crippen LogP contribution in [0.3, 0.4) is 0 Å². The van der Waals surface area contributed by atoms with Crippen molar-refractivity contribution in [2.75, 3.05) is 0 Å². The Bertz CT molecular complexity index is 522. The Labute approximate surface area is 120 Å². The van der Waals surface area contributed by atoms with Gasteiger partial charge in [-0.2, -0.15) is 13.2 Å². The summed E-state index contributed by atoms with van der Waals surface area (Å²) in [6, 6.07) is 0. The van der Waals surface area contributed by atoms with Crippen molar-refractivity contribution in [3.8, 4) is 0 Å². The normalized spacial score (nSPS) is 23.5. The molecule has 2 unspecified atom stereocenters. The first-order valence-corrected chi connectivity index (χ1v) is 7.02. The van der Waals surface area contributed by atoms with E-state index in [1.807, 2.05) is 0 Å². The van der Waals surface area contributed by atoms with Crippen molar-refractivity contribution in [3.05, 3.63) is 17.3 Å². The van der Waals surface area contributed by atoms with E-state index in [1.54, 1.807) is 13.8 Å². The predicted molar refractivity (Wildman–Crippen MR) is 68.3 cm³/mol. The summed E-state index contributed by atoms with van der Waals surface area (Å²) in [5.74, 6) is -4.33. The predicted octanol–water partition coefficient (Wildman–Crippen LogP) is 4.33. The van der Waals surface area contributed by atoms with Gasteiger partial charge in [0, 0.05) is 5.92 Å². The molecular weight excluding hydrogens is 287 g/mol. The summed E-state index contributed by atoms with van der Waals surface area (Å²) >= 11 is 0. The van der Waals surface area contributed by atoms with Crippen LogP contribution < -0.4 is 0 Å². The highest BCUT2D eigenvalue weighted by molar-refractivity contribution is 5.85. The molecule has 2 atom stereocenters. The van der Waals surface area contributed by atoms with Crippen molar-refractivity contribution in [2.24, 2.45) is 5.92 Å². The zero-order chi connectivity index (χ0) is 15.8. The summed E-state index contributed by atoms with van der Waals surface area (Å²) < 4.78 is 44.5. The second-order valence-electron chi connectivity index (χ2n) is 5.77. The third kappa shape index (κ3) is 3.22. The standard InChI is InChI=1S/C14H18F3NO3/c1-7(2)10-11(13(19)20)21-12(18-10)8-5-3-4-6-9(8)14(15,16)17/h7-9H,3-6H2,1-2H3,(H,19,20). The molecule has 118 valence electrons. The van der Waals surface area contributed by atoms with Crippen molar-refractivity contribution >= 4 is 5.97 Å². The van der Waals surface area contributed by atoms with E-state index < -0.39 is 24.0 Å². The van der Waals surface area contributed by atoms with E-state index in [0.717, 1.165) is 0 Å². The fraction of sp³-hybridized carbons (Fsp3) is 0.714. The molecule has 0 bridgehead atoms. The maximum atomic E-state index is 13.1. The van der Waals surface area contributed by atoms with Gasteiger partial charge in [0.2, 0.25) is 5.76 Å². The van der Waals surface area contributed by atoms with Crippen LogP contribution in [0.5, 0.6) is 0 Å².